The van der Waals surface area contributed by atoms with Crippen LogP contribution in [0.3, 0.4) is 0 Å². The van der Waals surface area contributed by atoms with Crippen LogP contribution in [0.4, 0.5) is 0 Å². The van der Waals surface area contributed by atoms with Crippen molar-refractivity contribution in [3.63, 3.8) is 0 Å². The topological polar surface area (TPSA) is 29.5 Å². The third kappa shape index (κ3) is 1.46. The van der Waals surface area contributed by atoms with E-state index < -0.39 is 0 Å². The zero-order chi connectivity index (χ0) is 10.4. The maximum Gasteiger partial charge on any atom is 0.0685 e. The van der Waals surface area contributed by atoms with Gasteiger partial charge in [-0.3, -0.25) is 0 Å². The fourth-order valence-electron chi connectivity index (χ4n) is 3.75. The van der Waals surface area contributed by atoms with Crippen molar-refractivity contribution in [3.8, 4) is 0 Å². The van der Waals surface area contributed by atoms with Gasteiger partial charge in [0.25, 0.3) is 0 Å². The molecule has 0 aromatic rings. The maximum absolute atomic E-state index is 10.4. The molecule has 3 aliphatic rings. The lowest BCUT2D eigenvalue weighted by Gasteiger charge is -2.40. The molecule has 1 saturated carbocycles. The zero-order valence-corrected chi connectivity index (χ0v) is 9.36. The van der Waals surface area contributed by atoms with Crippen molar-refractivity contribution in [3.05, 3.63) is 11.6 Å². The second-order valence-corrected chi connectivity index (χ2v) is 5.39. The Morgan fingerprint density at radius 3 is 3.00 bits per heavy atom. The molecule has 0 aromatic carbocycles. The van der Waals surface area contributed by atoms with Gasteiger partial charge in [0.05, 0.1) is 18.8 Å². The van der Waals surface area contributed by atoms with E-state index in [0.717, 1.165) is 6.61 Å². The highest BCUT2D eigenvalue weighted by Gasteiger charge is 2.45. The van der Waals surface area contributed by atoms with Gasteiger partial charge in [0.15, 0.2) is 0 Å². The molecule has 5 atom stereocenters. The van der Waals surface area contributed by atoms with Crippen LogP contribution in [-0.2, 0) is 4.74 Å². The van der Waals surface area contributed by atoms with Crippen molar-refractivity contribution >= 4 is 0 Å². The number of aliphatic hydroxyl groups is 1. The van der Waals surface area contributed by atoms with Crippen LogP contribution >= 0.6 is 0 Å². The molecule has 0 aromatic heterocycles. The average Bonchev–Trinajstić information content (AvgIpc) is 2.61. The quantitative estimate of drug-likeness (QED) is 0.618. The van der Waals surface area contributed by atoms with Gasteiger partial charge in [-0.1, -0.05) is 18.9 Å². The van der Waals surface area contributed by atoms with Crippen LogP contribution in [0.5, 0.6) is 0 Å². The molecule has 2 nitrogen and oxygen atoms in total. The highest BCUT2D eigenvalue weighted by Crippen LogP contribution is 2.45. The summed E-state index contributed by atoms with van der Waals surface area (Å²) in [6, 6.07) is 0. The molecule has 1 heterocycles. The Balaban J connectivity index is 1.91. The lowest BCUT2D eigenvalue weighted by Crippen LogP contribution is -2.41. The van der Waals surface area contributed by atoms with E-state index in [4.69, 9.17) is 4.74 Å². The molecule has 15 heavy (non-hydrogen) atoms. The predicted molar refractivity (Wildman–Crippen MR) is 58.4 cm³/mol. The number of hydrogen-bond donors (Lipinski definition) is 1. The third-order valence-corrected chi connectivity index (χ3v) is 4.56. The second kappa shape index (κ2) is 3.60. The molecular weight excluding hydrogens is 188 g/mol. The Morgan fingerprint density at radius 2 is 2.13 bits per heavy atom. The van der Waals surface area contributed by atoms with Gasteiger partial charge in [-0.15, -0.1) is 0 Å². The summed E-state index contributed by atoms with van der Waals surface area (Å²) < 4.78 is 5.65. The molecule has 5 unspecified atom stereocenters. The molecule has 1 aliphatic heterocycles. The van der Waals surface area contributed by atoms with Crippen LogP contribution in [0.1, 0.15) is 32.6 Å². The Morgan fingerprint density at radius 1 is 1.33 bits per heavy atom. The molecule has 2 fully saturated rings. The van der Waals surface area contributed by atoms with Gasteiger partial charge in [-0.25, -0.2) is 0 Å². The average molecular weight is 208 g/mol. The molecule has 3 rings (SSSR count). The van der Waals surface area contributed by atoms with E-state index in [1.54, 1.807) is 0 Å². The number of rotatable bonds is 0. The molecule has 1 saturated heterocycles. The lowest BCUT2D eigenvalue weighted by atomic mass is 9.66. The van der Waals surface area contributed by atoms with Gasteiger partial charge in [0.2, 0.25) is 0 Å². The van der Waals surface area contributed by atoms with Crippen molar-refractivity contribution in [2.45, 2.75) is 44.8 Å². The van der Waals surface area contributed by atoms with Gasteiger partial charge < -0.3 is 9.84 Å². The minimum absolute atomic E-state index is 0.146. The Labute approximate surface area is 91.3 Å². The molecule has 0 radical (unpaired) electrons. The fraction of sp³-hybridized carbons (Fsp3) is 0.846. The van der Waals surface area contributed by atoms with Crippen LogP contribution in [0, 0.1) is 17.8 Å². The molecular formula is C13H20O2. The summed E-state index contributed by atoms with van der Waals surface area (Å²) in [7, 11) is 0. The Hall–Kier alpha value is -0.340. The molecule has 2 heteroatoms. The fourth-order valence-corrected chi connectivity index (χ4v) is 3.75. The summed E-state index contributed by atoms with van der Waals surface area (Å²) in [4.78, 5) is 0. The standard InChI is InChI=1S/C13H20O2/c1-8-12-10(7-15-8)6-9-4-2-3-5-11(9)13(12)14/h6,8-9,11-14H,2-5,7H2,1H3. The number of ether oxygens (including phenoxy) is 1. The molecule has 0 bridgehead atoms. The van der Waals surface area contributed by atoms with Crippen LogP contribution in [0.15, 0.2) is 11.6 Å². The highest BCUT2D eigenvalue weighted by molar-refractivity contribution is 5.22. The Kier molecular flexibility index (Phi) is 2.37. The van der Waals surface area contributed by atoms with Crippen molar-refractivity contribution in [2.24, 2.45) is 17.8 Å². The van der Waals surface area contributed by atoms with E-state index in [1.807, 2.05) is 0 Å². The predicted octanol–water partition coefficient (Wildman–Crippen LogP) is 2.13. The van der Waals surface area contributed by atoms with Crippen molar-refractivity contribution < 1.29 is 9.84 Å². The third-order valence-electron chi connectivity index (χ3n) is 4.56. The number of aliphatic hydroxyl groups excluding tert-OH is 1. The molecule has 1 N–H and O–H groups in total. The largest absolute Gasteiger partial charge is 0.392 e. The van der Waals surface area contributed by atoms with E-state index in [-0.39, 0.29) is 12.2 Å². The van der Waals surface area contributed by atoms with Crippen molar-refractivity contribution in [1.82, 2.24) is 0 Å². The minimum Gasteiger partial charge on any atom is -0.392 e. The molecule has 2 aliphatic carbocycles. The second-order valence-electron chi connectivity index (χ2n) is 5.39. The normalized spacial score (nSPS) is 49.5. The highest BCUT2D eigenvalue weighted by atomic mass is 16.5. The number of fused-ring (bicyclic) bond motifs is 2. The maximum atomic E-state index is 10.4. The van der Waals surface area contributed by atoms with E-state index in [1.165, 1.54) is 31.3 Å². The smallest absolute Gasteiger partial charge is 0.0685 e. The van der Waals surface area contributed by atoms with Crippen molar-refractivity contribution in [2.75, 3.05) is 6.61 Å². The van der Waals surface area contributed by atoms with Crippen LogP contribution < -0.4 is 0 Å². The van der Waals surface area contributed by atoms with E-state index >= 15 is 0 Å². The van der Waals surface area contributed by atoms with Crippen molar-refractivity contribution in [1.29, 1.82) is 0 Å². The summed E-state index contributed by atoms with van der Waals surface area (Å²) in [6.07, 6.45) is 7.60. The molecule has 0 amide bonds. The number of hydrogen-bond acceptors (Lipinski definition) is 2. The first-order valence-corrected chi connectivity index (χ1v) is 6.27. The van der Waals surface area contributed by atoms with Crippen LogP contribution in [0.2, 0.25) is 0 Å². The summed E-state index contributed by atoms with van der Waals surface area (Å²) in [5.74, 6) is 1.44. The van der Waals surface area contributed by atoms with E-state index in [0.29, 0.717) is 17.8 Å². The van der Waals surface area contributed by atoms with Crippen LogP contribution in [-0.4, -0.2) is 23.9 Å². The molecule has 84 valence electrons. The summed E-state index contributed by atoms with van der Waals surface area (Å²) in [5, 5.41) is 10.4. The Bertz CT molecular complexity index is 284. The van der Waals surface area contributed by atoms with E-state index in [2.05, 4.69) is 13.0 Å². The monoisotopic (exact) mass is 208 g/mol. The lowest BCUT2D eigenvalue weighted by molar-refractivity contribution is -0.0122. The first kappa shape index (κ1) is 9.86. The van der Waals surface area contributed by atoms with Gasteiger partial charge in [-0.2, -0.15) is 0 Å². The number of allylic oxidation sites excluding steroid dienone is 1. The van der Waals surface area contributed by atoms with Gasteiger partial charge in [0.1, 0.15) is 0 Å². The minimum atomic E-state index is -0.146. The van der Waals surface area contributed by atoms with Gasteiger partial charge in [-0.05, 0) is 37.2 Å². The summed E-state index contributed by atoms with van der Waals surface area (Å²) in [6.45, 7) is 2.85. The van der Waals surface area contributed by atoms with Gasteiger partial charge >= 0.3 is 0 Å². The van der Waals surface area contributed by atoms with Crippen LogP contribution in [0.25, 0.3) is 0 Å². The molecule has 0 spiro atoms. The first-order chi connectivity index (χ1) is 7.27. The summed E-state index contributed by atoms with van der Waals surface area (Å²) in [5.41, 5.74) is 1.37. The first-order valence-electron chi connectivity index (χ1n) is 6.27. The van der Waals surface area contributed by atoms with E-state index in [9.17, 15) is 5.11 Å². The summed E-state index contributed by atoms with van der Waals surface area (Å²) >= 11 is 0. The SMILES string of the molecule is CC1OCC2=CC3CCCCC3C(O)C21. The zero-order valence-electron chi connectivity index (χ0n) is 9.36. The van der Waals surface area contributed by atoms with Gasteiger partial charge in [0, 0.05) is 5.92 Å².